The van der Waals surface area contributed by atoms with Crippen LogP contribution in [0.5, 0.6) is 0 Å². The summed E-state index contributed by atoms with van der Waals surface area (Å²) in [6.45, 7) is 1.37. The van der Waals surface area contributed by atoms with Crippen LogP contribution in [0.1, 0.15) is 24.8 Å². The topological polar surface area (TPSA) is 98.7 Å². The molecule has 3 aliphatic rings. The first kappa shape index (κ1) is 26.8. The number of benzene rings is 2. The Kier molecular flexibility index (Phi) is 6.04. The van der Waals surface area contributed by atoms with E-state index in [2.05, 4.69) is 19.6 Å². The van der Waals surface area contributed by atoms with Crippen LogP contribution in [-0.2, 0) is 20.2 Å². The Morgan fingerprint density at radius 1 is 1.05 bits per heavy atom. The average Bonchev–Trinajstić information content (AvgIpc) is 3.15. The van der Waals surface area contributed by atoms with Gasteiger partial charge in [-0.1, -0.05) is 24.6 Å². The van der Waals surface area contributed by atoms with Gasteiger partial charge >= 0.3 is 0 Å². The Balaban J connectivity index is 1.35. The molecular weight excluding hydrogens is 555 g/mol. The first-order valence-corrected chi connectivity index (χ1v) is 15.5. The van der Waals surface area contributed by atoms with Crippen LogP contribution in [0, 0.1) is 5.82 Å². The second-order valence-electron chi connectivity index (χ2n) is 11.7. The van der Waals surface area contributed by atoms with Gasteiger partial charge in [0.1, 0.15) is 5.82 Å². The number of aromatic nitrogens is 2. The van der Waals surface area contributed by atoms with Crippen LogP contribution in [0.3, 0.4) is 0 Å². The normalized spacial score (nSPS) is 18.0. The summed E-state index contributed by atoms with van der Waals surface area (Å²) in [7, 11) is 1.84. The molecule has 0 atom stereocenters. The quantitative estimate of drug-likeness (QED) is 0.358. The lowest BCUT2D eigenvalue weighted by Gasteiger charge is -2.44. The van der Waals surface area contributed by atoms with Gasteiger partial charge in [-0.15, -0.1) is 0 Å². The second kappa shape index (κ2) is 9.47. The minimum absolute atomic E-state index is 0.0538. The molecule has 1 saturated heterocycles. The van der Waals surface area contributed by atoms with Gasteiger partial charge in [-0.2, -0.15) is 0 Å². The number of pyridine rings is 2. The van der Waals surface area contributed by atoms with E-state index in [1.165, 1.54) is 18.2 Å². The summed E-state index contributed by atoms with van der Waals surface area (Å²) in [4.78, 5) is 28.3. The lowest BCUT2D eigenvalue weighted by molar-refractivity contribution is -0.125. The first-order chi connectivity index (χ1) is 20.1. The first-order valence-electron chi connectivity index (χ1n) is 14.0. The van der Waals surface area contributed by atoms with Gasteiger partial charge in [0.25, 0.3) is 10.0 Å². The van der Waals surface area contributed by atoms with E-state index in [1.54, 1.807) is 54.7 Å². The number of halogens is 1. The third-order valence-corrected chi connectivity index (χ3v) is 10.4. The van der Waals surface area contributed by atoms with E-state index in [0.717, 1.165) is 35.9 Å². The zero-order valence-electron chi connectivity index (χ0n) is 23.6. The number of hydrogen-bond donors (Lipinski definition) is 1. The van der Waals surface area contributed by atoms with E-state index in [4.69, 9.17) is 0 Å². The number of amides is 1. The molecule has 1 amide bonds. The molecule has 1 N–H and O–H groups in total. The van der Waals surface area contributed by atoms with Gasteiger partial charge in [-0.3, -0.25) is 14.5 Å². The third-order valence-electron chi connectivity index (χ3n) is 9.07. The molecular formula is C31H31FN6O3S. The van der Waals surface area contributed by atoms with Crippen molar-refractivity contribution in [3.63, 3.8) is 0 Å². The number of hydrogen-bond acceptors (Lipinski definition) is 7. The maximum absolute atomic E-state index is 15.7. The number of fused-ring (bicyclic) bond motifs is 4. The van der Waals surface area contributed by atoms with Crippen molar-refractivity contribution in [3.8, 4) is 11.1 Å². The number of likely N-dealkylation sites (N-methyl/N-ethyl adjacent to an activating group) is 2. The van der Waals surface area contributed by atoms with Gasteiger partial charge in [0, 0.05) is 60.5 Å². The molecule has 4 aromatic rings. The van der Waals surface area contributed by atoms with Crippen LogP contribution in [-0.4, -0.2) is 69.5 Å². The summed E-state index contributed by atoms with van der Waals surface area (Å²) in [5, 5.41) is 0.730. The molecule has 2 aromatic heterocycles. The second-order valence-corrected chi connectivity index (χ2v) is 13.4. The molecule has 7 rings (SSSR count). The Labute approximate surface area is 244 Å². The molecule has 0 bridgehead atoms. The summed E-state index contributed by atoms with van der Waals surface area (Å²) in [5.41, 5.74) is 2.50. The average molecular weight is 587 g/mol. The van der Waals surface area contributed by atoms with Crippen molar-refractivity contribution in [2.24, 2.45) is 0 Å². The SMILES string of the molecule is CN1C(=O)C2(CCC2)c2c1cnc1cc(F)c(-c3cnc(N4CC(N(C)C)C4)c(NS(=O)(=O)c4ccccc4)c3)cc21. The number of anilines is 3. The van der Waals surface area contributed by atoms with E-state index in [1.807, 2.05) is 19.0 Å². The highest BCUT2D eigenvalue weighted by atomic mass is 32.2. The van der Waals surface area contributed by atoms with Gasteiger partial charge in [0.15, 0.2) is 5.82 Å². The van der Waals surface area contributed by atoms with Crippen molar-refractivity contribution in [3.05, 3.63) is 72.3 Å². The number of carbonyl (C=O) groups excluding carboxylic acids is 1. The highest BCUT2D eigenvalue weighted by molar-refractivity contribution is 7.92. The molecule has 2 fully saturated rings. The van der Waals surface area contributed by atoms with Crippen LogP contribution >= 0.6 is 0 Å². The number of carbonyl (C=O) groups is 1. The van der Waals surface area contributed by atoms with E-state index < -0.39 is 21.3 Å². The van der Waals surface area contributed by atoms with Gasteiger partial charge < -0.3 is 14.7 Å². The molecule has 42 heavy (non-hydrogen) atoms. The number of sulfonamides is 1. The lowest BCUT2D eigenvalue weighted by Crippen LogP contribution is -2.57. The molecule has 1 saturated carbocycles. The van der Waals surface area contributed by atoms with E-state index >= 15 is 4.39 Å². The minimum atomic E-state index is -3.93. The zero-order valence-corrected chi connectivity index (χ0v) is 24.4. The van der Waals surface area contributed by atoms with E-state index in [9.17, 15) is 13.2 Å². The van der Waals surface area contributed by atoms with Crippen molar-refractivity contribution in [1.29, 1.82) is 0 Å². The van der Waals surface area contributed by atoms with Crippen molar-refractivity contribution in [2.75, 3.05) is 48.8 Å². The van der Waals surface area contributed by atoms with E-state index in [-0.39, 0.29) is 22.1 Å². The number of nitrogens with one attached hydrogen (secondary N) is 1. The molecule has 11 heteroatoms. The molecule has 0 unspecified atom stereocenters. The van der Waals surface area contributed by atoms with Crippen molar-refractivity contribution in [2.45, 2.75) is 35.6 Å². The molecule has 2 aromatic carbocycles. The summed E-state index contributed by atoms with van der Waals surface area (Å²) >= 11 is 0. The van der Waals surface area contributed by atoms with Gasteiger partial charge in [0.05, 0.1) is 33.4 Å². The number of rotatable bonds is 6. The Bertz CT molecular complexity index is 1850. The Morgan fingerprint density at radius 2 is 1.79 bits per heavy atom. The fourth-order valence-corrected chi connectivity index (χ4v) is 7.48. The van der Waals surface area contributed by atoms with Crippen LogP contribution in [0.25, 0.3) is 22.0 Å². The molecule has 2 aliphatic heterocycles. The molecule has 0 radical (unpaired) electrons. The fourth-order valence-electron chi connectivity index (χ4n) is 6.40. The summed E-state index contributed by atoms with van der Waals surface area (Å²) < 4.78 is 45.1. The highest BCUT2D eigenvalue weighted by Crippen LogP contribution is 2.55. The van der Waals surface area contributed by atoms with Crippen molar-refractivity contribution in [1.82, 2.24) is 14.9 Å². The monoisotopic (exact) mass is 586 g/mol. The van der Waals surface area contributed by atoms with Crippen LogP contribution in [0.4, 0.5) is 21.6 Å². The van der Waals surface area contributed by atoms with Gasteiger partial charge in [-0.05, 0) is 51.2 Å². The van der Waals surface area contributed by atoms with Crippen molar-refractivity contribution < 1.29 is 17.6 Å². The third kappa shape index (κ3) is 3.98. The molecule has 1 aliphatic carbocycles. The predicted octanol–water partition coefficient (Wildman–Crippen LogP) is 4.39. The molecule has 216 valence electrons. The Morgan fingerprint density at radius 3 is 2.45 bits per heavy atom. The standard InChI is InChI=1S/C31H31FN6O3S/c1-36(2)20-17-38(18-20)29-26(35-42(40,41)21-8-5-4-6-9-21)12-19(15-34-29)22-13-23-25(14-24(22)32)33-16-27-28(23)31(10-7-11-31)30(39)37(27)3/h4-6,8-9,12-16,20,35H,7,10-11,17-18H2,1-3H3. The Hall–Kier alpha value is -4.09. The smallest absolute Gasteiger partial charge is 0.262 e. The lowest BCUT2D eigenvalue weighted by atomic mass is 9.64. The summed E-state index contributed by atoms with van der Waals surface area (Å²) in [6.07, 6.45) is 5.69. The van der Waals surface area contributed by atoms with Crippen molar-refractivity contribution >= 4 is 44.0 Å². The highest BCUT2D eigenvalue weighted by Gasteiger charge is 2.54. The van der Waals surface area contributed by atoms with Crippen LogP contribution < -0.4 is 14.5 Å². The minimum Gasteiger partial charge on any atom is -0.352 e. The molecule has 9 nitrogen and oxygen atoms in total. The predicted molar refractivity (Wildman–Crippen MR) is 161 cm³/mol. The van der Waals surface area contributed by atoms with E-state index in [0.29, 0.717) is 36.0 Å². The van der Waals surface area contributed by atoms with Crippen LogP contribution in [0.2, 0.25) is 0 Å². The maximum Gasteiger partial charge on any atom is 0.262 e. The fraction of sp³-hybridized carbons (Fsp3) is 0.323. The molecule has 1 spiro atoms. The van der Waals surface area contributed by atoms with Gasteiger partial charge in [-0.25, -0.2) is 17.8 Å². The zero-order chi connectivity index (χ0) is 29.4. The molecule has 4 heterocycles. The van der Waals surface area contributed by atoms with Gasteiger partial charge in [0.2, 0.25) is 5.91 Å². The summed E-state index contributed by atoms with van der Waals surface area (Å²) in [5.74, 6) is 0.0391. The largest absolute Gasteiger partial charge is 0.352 e. The maximum atomic E-state index is 15.7. The summed E-state index contributed by atoms with van der Waals surface area (Å²) in [6, 6.07) is 13.2. The number of nitrogens with zero attached hydrogens (tertiary/aromatic N) is 5. The van der Waals surface area contributed by atoms with Crippen LogP contribution in [0.15, 0.2) is 65.8 Å².